The molecule has 0 aromatic heterocycles. The lowest BCUT2D eigenvalue weighted by molar-refractivity contribution is -0.133. The SMILES string of the molecule is CC(C)C[C@@H](NC(=O)OCc1ccccc1)C(=O)N(C)/C(=C/CCNc1ccccc1)C(N)=O. The highest BCUT2D eigenvalue weighted by Gasteiger charge is 2.28. The van der Waals surface area contributed by atoms with E-state index in [1.165, 1.54) is 11.9 Å². The monoisotopic (exact) mass is 466 g/mol. The van der Waals surface area contributed by atoms with Crippen molar-refractivity contribution in [2.45, 2.75) is 39.3 Å². The molecule has 2 aromatic rings. The van der Waals surface area contributed by atoms with Gasteiger partial charge in [-0.2, -0.15) is 0 Å². The molecule has 3 amide bonds. The standard InChI is InChI=1S/C26H34N4O4/c1-19(2)17-22(29-26(33)34-18-20-11-6-4-7-12-20)25(32)30(3)23(24(27)31)15-10-16-28-21-13-8-5-9-14-21/h4-9,11-15,19,22,28H,10,16-18H2,1-3H3,(H2,27,31)(H,29,33)/b23-15+/t22-/m1/s1. The summed E-state index contributed by atoms with van der Waals surface area (Å²) in [6.07, 6.45) is 1.78. The molecule has 0 heterocycles. The average molecular weight is 467 g/mol. The molecule has 0 unspecified atom stereocenters. The Bertz CT molecular complexity index is 961. The topological polar surface area (TPSA) is 114 Å². The van der Waals surface area contributed by atoms with E-state index in [2.05, 4.69) is 10.6 Å². The van der Waals surface area contributed by atoms with Gasteiger partial charge < -0.3 is 26.0 Å². The van der Waals surface area contributed by atoms with Crippen LogP contribution in [0.5, 0.6) is 0 Å². The second-order valence-electron chi connectivity index (χ2n) is 8.32. The maximum atomic E-state index is 13.2. The minimum Gasteiger partial charge on any atom is -0.445 e. The van der Waals surface area contributed by atoms with E-state index in [1.807, 2.05) is 74.5 Å². The third kappa shape index (κ3) is 8.97. The highest BCUT2D eigenvalue weighted by molar-refractivity contribution is 5.98. The number of benzene rings is 2. The lowest BCUT2D eigenvalue weighted by Gasteiger charge is -2.26. The van der Waals surface area contributed by atoms with Crippen molar-refractivity contribution in [1.29, 1.82) is 0 Å². The molecule has 0 aliphatic rings. The number of nitrogens with two attached hydrogens (primary N) is 1. The Morgan fingerprint density at radius 3 is 2.24 bits per heavy atom. The van der Waals surface area contributed by atoms with E-state index in [4.69, 9.17) is 10.5 Å². The largest absolute Gasteiger partial charge is 0.445 e. The van der Waals surface area contributed by atoms with E-state index < -0.39 is 23.9 Å². The van der Waals surface area contributed by atoms with E-state index in [1.54, 1.807) is 6.08 Å². The van der Waals surface area contributed by atoms with Crippen molar-refractivity contribution in [3.05, 3.63) is 78.0 Å². The number of nitrogens with zero attached hydrogens (tertiary/aromatic N) is 1. The molecule has 182 valence electrons. The molecule has 4 N–H and O–H groups in total. The van der Waals surface area contributed by atoms with Crippen LogP contribution >= 0.6 is 0 Å². The van der Waals surface area contributed by atoms with Gasteiger partial charge in [-0.05, 0) is 36.5 Å². The zero-order valence-corrected chi connectivity index (χ0v) is 20.0. The summed E-state index contributed by atoms with van der Waals surface area (Å²) in [6.45, 7) is 4.53. The fraction of sp³-hybridized carbons (Fsp3) is 0.346. The van der Waals surface area contributed by atoms with Crippen LogP contribution in [0, 0.1) is 5.92 Å². The Morgan fingerprint density at radius 2 is 1.65 bits per heavy atom. The van der Waals surface area contributed by atoms with Crippen LogP contribution in [0.25, 0.3) is 0 Å². The van der Waals surface area contributed by atoms with Gasteiger partial charge in [-0.1, -0.05) is 68.5 Å². The van der Waals surface area contributed by atoms with Gasteiger partial charge in [0.1, 0.15) is 18.3 Å². The zero-order chi connectivity index (χ0) is 24.9. The summed E-state index contributed by atoms with van der Waals surface area (Å²) in [6, 6.07) is 18.0. The molecule has 0 saturated carbocycles. The number of amides is 3. The van der Waals surface area contributed by atoms with Gasteiger partial charge in [0.05, 0.1) is 0 Å². The Hall–Kier alpha value is -3.81. The van der Waals surface area contributed by atoms with Crippen molar-refractivity contribution < 1.29 is 19.1 Å². The van der Waals surface area contributed by atoms with Gasteiger partial charge >= 0.3 is 6.09 Å². The van der Waals surface area contributed by atoms with Crippen LogP contribution in [0.1, 0.15) is 32.3 Å². The second kappa shape index (κ2) is 13.7. The van der Waals surface area contributed by atoms with Crippen molar-refractivity contribution in [3.8, 4) is 0 Å². The predicted molar refractivity (Wildman–Crippen MR) is 133 cm³/mol. The van der Waals surface area contributed by atoms with Crippen molar-refractivity contribution in [3.63, 3.8) is 0 Å². The number of ether oxygens (including phenoxy) is 1. The van der Waals surface area contributed by atoms with Crippen molar-refractivity contribution >= 4 is 23.6 Å². The fourth-order valence-electron chi connectivity index (χ4n) is 3.34. The molecule has 8 nitrogen and oxygen atoms in total. The van der Waals surface area contributed by atoms with Gasteiger partial charge in [-0.3, -0.25) is 9.59 Å². The van der Waals surface area contributed by atoms with Crippen LogP contribution in [0.2, 0.25) is 0 Å². The predicted octanol–water partition coefficient (Wildman–Crippen LogP) is 3.66. The molecule has 2 aromatic carbocycles. The van der Waals surface area contributed by atoms with E-state index in [-0.39, 0.29) is 18.2 Å². The first kappa shape index (κ1) is 26.4. The van der Waals surface area contributed by atoms with Gasteiger partial charge in [-0.15, -0.1) is 0 Å². The molecule has 1 atom stereocenters. The molecule has 0 bridgehead atoms. The number of hydrogen-bond donors (Lipinski definition) is 3. The molecule has 8 heteroatoms. The summed E-state index contributed by atoms with van der Waals surface area (Å²) in [5.74, 6) is -1.04. The molecular formula is C26H34N4O4. The van der Waals surface area contributed by atoms with Gasteiger partial charge in [0, 0.05) is 19.3 Å². The minimum atomic E-state index is -0.863. The third-order valence-electron chi connectivity index (χ3n) is 5.04. The van der Waals surface area contributed by atoms with E-state index in [0.717, 1.165) is 11.3 Å². The lowest BCUT2D eigenvalue weighted by atomic mass is 10.0. The number of alkyl carbamates (subject to hydrolysis) is 1. The zero-order valence-electron chi connectivity index (χ0n) is 20.0. The van der Waals surface area contributed by atoms with E-state index in [9.17, 15) is 14.4 Å². The number of anilines is 1. The fourth-order valence-corrected chi connectivity index (χ4v) is 3.34. The quantitative estimate of drug-likeness (QED) is 0.326. The molecule has 0 spiro atoms. The molecule has 34 heavy (non-hydrogen) atoms. The molecule has 0 fully saturated rings. The number of rotatable bonds is 12. The third-order valence-corrected chi connectivity index (χ3v) is 5.04. The smallest absolute Gasteiger partial charge is 0.408 e. The maximum absolute atomic E-state index is 13.2. The van der Waals surface area contributed by atoms with Gasteiger partial charge in [0.25, 0.3) is 5.91 Å². The highest BCUT2D eigenvalue weighted by Crippen LogP contribution is 2.13. The number of hydrogen-bond acceptors (Lipinski definition) is 5. The first-order chi connectivity index (χ1) is 16.3. The normalized spacial score (nSPS) is 12.1. The number of primary amides is 1. The first-order valence-electron chi connectivity index (χ1n) is 11.3. The lowest BCUT2D eigenvalue weighted by Crippen LogP contribution is -2.49. The number of carbonyl (C=O) groups excluding carboxylic acids is 3. The van der Waals surface area contributed by atoms with E-state index in [0.29, 0.717) is 19.4 Å². The van der Waals surface area contributed by atoms with Crippen LogP contribution < -0.4 is 16.4 Å². The van der Waals surface area contributed by atoms with Crippen molar-refractivity contribution in [2.75, 3.05) is 18.9 Å². The summed E-state index contributed by atoms with van der Waals surface area (Å²) < 4.78 is 5.26. The van der Waals surface area contributed by atoms with Crippen LogP contribution in [0.3, 0.4) is 0 Å². The summed E-state index contributed by atoms with van der Waals surface area (Å²) in [5.41, 5.74) is 7.42. The number of para-hydroxylation sites is 1. The first-order valence-corrected chi connectivity index (χ1v) is 11.3. The molecule has 0 saturated heterocycles. The number of nitrogens with one attached hydrogen (secondary N) is 2. The summed E-state index contributed by atoms with van der Waals surface area (Å²) in [4.78, 5) is 38.8. The van der Waals surface area contributed by atoms with Crippen molar-refractivity contribution in [2.24, 2.45) is 11.7 Å². The average Bonchev–Trinajstić information content (AvgIpc) is 2.82. The molecular weight excluding hydrogens is 432 g/mol. The van der Waals surface area contributed by atoms with Crippen LogP contribution in [0.15, 0.2) is 72.4 Å². The number of carbonyl (C=O) groups is 3. The molecule has 0 aliphatic heterocycles. The second-order valence-corrected chi connectivity index (χ2v) is 8.32. The van der Waals surface area contributed by atoms with Gasteiger partial charge in [0.2, 0.25) is 5.91 Å². The van der Waals surface area contributed by atoms with Crippen LogP contribution in [0.4, 0.5) is 10.5 Å². The Labute approximate surface area is 201 Å². The van der Waals surface area contributed by atoms with Gasteiger partial charge in [-0.25, -0.2) is 4.79 Å². The Kier molecular flexibility index (Phi) is 10.6. The number of likely N-dealkylation sites (N-methyl/N-ethyl adjacent to an activating group) is 1. The molecule has 2 rings (SSSR count). The Morgan fingerprint density at radius 1 is 1.03 bits per heavy atom. The summed E-state index contributed by atoms with van der Waals surface area (Å²) in [5, 5.41) is 5.87. The van der Waals surface area contributed by atoms with E-state index >= 15 is 0 Å². The maximum Gasteiger partial charge on any atom is 0.408 e. The summed E-state index contributed by atoms with van der Waals surface area (Å²) >= 11 is 0. The highest BCUT2D eigenvalue weighted by atomic mass is 16.5. The van der Waals surface area contributed by atoms with Gasteiger partial charge in [0.15, 0.2) is 0 Å². The van der Waals surface area contributed by atoms with Crippen molar-refractivity contribution in [1.82, 2.24) is 10.2 Å². The molecule has 0 aliphatic carbocycles. The Balaban J connectivity index is 2.00. The minimum absolute atomic E-state index is 0.0769. The van der Waals surface area contributed by atoms with Crippen LogP contribution in [-0.4, -0.2) is 42.4 Å². The molecule has 0 radical (unpaired) electrons. The van der Waals surface area contributed by atoms with Crippen LogP contribution in [-0.2, 0) is 20.9 Å². The summed E-state index contributed by atoms with van der Waals surface area (Å²) in [7, 11) is 1.48.